The molecular formula is C14H18FN3O. The number of guanidine groups is 1. The van der Waals surface area contributed by atoms with E-state index < -0.39 is 5.54 Å². The van der Waals surface area contributed by atoms with Crippen LogP contribution in [0.25, 0.3) is 0 Å². The van der Waals surface area contributed by atoms with Gasteiger partial charge in [-0.05, 0) is 44.9 Å². The van der Waals surface area contributed by atoms with Gasteiger partial charge in [0.1, 0.15) is 11.4 Å². The maximum atomic E-state index is 13.6. The zero-order chi connectivity index (χ0) is 14.2. The number of carbonyl (C=O) groups is 1. The van der Waals surface area contributed by atoms with Gasteiger partial charge in [-0.2, -0.15) is 0 Å². The van der Waals surface area contributed by atoms with E-state index in [4.69, 9.17) is 0 Å². The maximum Gasteiger partial charge on any atom is 0.256 e. The number of nitrogens with zero attached hydrogens (tertiary/aromatic N) is 1. The van der Waals surface area contributed by atoms with Gasteiger partial charge in [0, 0.05) is 6.04 Å². The summed E-state index contributed by atoms with van der Waals surface area (Å²) < 4.78 is 13.6. The van der Waals surface area contributed by atoms with Crippen LogP contribution in [-0.4, -0.2) is 17.9 Å². The molecule has 0 aromatic heterocycles. The predicted octanol–water partition coefficient (Wildman–Crippen LogP) is 1.83. The van der Waals surface area contributed by atoms with Crippen molar-refractivity contribution >= 4 is 11.9 Å². The standard InChI is InChI=1S/C14H18FN3O/c1-8(2)16-13-17-12(19)14(4,18-13)10-6-5-9(3)11(15)7-10/h5-8H,1-4H3,(H2,16,17,18,19). The Bertz CT molecular complexity index is 554. The highest BCUT2D eigenvalue weighted by Gasteiger charge is 2.42. The Morgan fingerprint density at radius 3 is 2.63 bits per heavy atom. The molecule has 1 saturated heterocycles. The van der Waals surface area contributed by atoms with Crippen molar-refractivity contribution in [3.05, 3.63) is 35.1 Å². The summed E-state index contributed by atoms with van der Waals surface area (Å²) >= 11 is 0. The second kappa shape index (κ2) is 4.64. The fraction of sp³-hybridized carbons (Fsp3) is 0.429. The van der Waals surface area contributed by atoms with Crippen LogP contribution in [0.15, 0.2) is 23.2 Å². The molecule has 0 radical (unpaired) electrons. The highest BCUT2D eigenvalue weighted by molar-refractivity contribution is 6.09. The zero-order valence-corrected chi connectivity index (χ0v) is 11.5. The van der Waals surface area contributed by atoms with Gasteiger partial charge in [0.25, 0.3) is 5.91 Å². The quantitative estimate of drug-likeness (QED) is 0.855. The Hall–Kier alpha value is -1.91. The number of halogens is 1. The van der Waals surface area contributed by atoms with E-state index in [0.29, 0.717) is 17.1 Å². The minimum absolute atomic E-state index is 0.0694. The van der Waals surface area contributed by atoms with Crippen LogP contribution in [0.2, 0.25) is 0 Å². The molecule has 0 saturated carbocycles. The Morgan fingerprint density at radius 1 is 1.37 bits per heavy atom. The molecule has 19 heavy (non-hydrogen) atoms. The van der Waals surface area contributed by atoms with Gasteiger partial charge in [0.05, 0.1) is 0 Å². The molecule has 1 aromatic rings. The van der Waals surface area contributed by atoms with E-state index in [2.05, 4.69) is 15.6 Å². The summed E-state index contributed by atoms with van der Waals surface area (Å²) in [4.78, 5) is 16.4. The Balaban J connectivity index is 2.37. The molecule has 2 rings (SSSR count). The average Bonchev–Trinajstić information content (AvgIpc) is 2.58. The first-order valence-corrected chi connectivity index (χ1v) is 6.27. The first-order valence-electron chi connectivity index (χ1n) is 6.27. The van der Waals surface area contributed by atoms with Crippen molar-refractivity contribution in [1.29, 1.82) is 0 Å². The molecule has 5 heteroatoms. The number of rotatable bonds is 2. The van der Waals surface area contributed by atoms with Crippen molar-refractivity contribution in [2.24, 2.45) is 4.99 Å². The molecule has 102 valence electrons. The lowest BCUT2D eigenvalue weighted by Crippen LogP contribution is -2.40. The minimum atomic E-state index is -0.984. The molecular weight excluding hydrogens is 245 g/mol. The molecule has 4 nitrogen and oxygen atoms in total. The van der Waals surface area contributed by atoms with Gasteiger partial charge in [-0.15, -0.1) is 0 Å². The normalized spacial score (nSPS) is 24.7. The fourth-order valence-electron chi connectivity index (χ4n) is 1.99. The van der Waals surface area contributed by atoms with Gasteiger partial charge in [0.2, 0.25) is 0 Å². The van der Waals surface area contributed by atoms with Crippen LogP contribution in [-0.2, 0) is 10.3 Å². The van der Waals surface area contributed by atoms with E-state index in [9.17, 15) is 9.18 Å². The van der Waals surface area contributed by atoms with Crippen molar-refractivity contribution in [1.82, 2.24) is 10.6 Å². The minimum Gasteiger partial charge on any atom is -0.338 e. The van der Waals surface area contributed by atoms with Crippen molar-refractivity contribution in [2.45, 2.75) is 39.3 Å². The van der Waals surface area contributed by atoms with Crippen LogP contribution in [0.3, 0.4) is 0 Å². The average molecular weight is 263 g/mol. The molecule has 2 N–H and O–H groups in total. The van der Waals surface area contributed by atoms with Gasteiger partial charge in [-0.25, -0.2) is 4.39 Å². The number of carbonyl (C=O) groups excluding carboxylic acids is 1. The Kier molecular flexibility index (Phi) is 3.30. The molecule has 1 unspecified atom stereocenters. The highest BCUT2D eigenvalue weighted by Crippen LogP contribution is 2.25. The van der Waals surface area contributed by atoms with Crippen molar-refractivity contribution in [2.75, 3.05) is 0 Å². The lowest BCUT2D eigenvalue weighted by Gasteiger charge is -2.22. The molecule has 1 aliphatic rings. The first-order chi connectivity index (χ1) is 8.83. The van der Waals surface area contributed by atoms with E-state index in [-0.39, 0.29) is 17.8 Å². The van der Waals surface area contributed by atoms with E-state index in [1.807, 2.05) is 13.8 Å². The Morgan fingerprint density at radius 2 is 2.05 bits per heavy atom. The third kappa shape index (κ3) is 2.45. The lowest BCUT2D eigenvalue weighted by molar-refractivity contribution is -0.123. The number of benzene rings is 1. The maximum absolute atomic E-state index is 13.6. The molecule has 1 atom stereocenters. The largest absolute Gasteiger partial charge is 0.338 e. The number of aryl methyl sites for hydroxylation is 1. The second-order valence-electron chi connectivity index (χ2n) is 5.24. The summed E-state index contributed by atoms with van der Waals surface area (Å²) in [5.74, 6) is -0.110. The zero-order valence-electron chi connectivity index (χ0n) is 11.5. The first kappa shape index (κ1) is 13.5. The number of hydrogen-bond acceptors (Lipinski definition) is 2. The van der Waals surface area contributed by atoms with Crippen LogP contribution in [0.5, 0.6) is 0 Å². The van der Waals surface area contributed by atoms with Crippen molar-refractivity contribution in [3.63, 3.8) is 0 Å². The number of hydrogen-bond donors (Lipinski definition) is 2. The third-order valence-electron chi connectivity index (χ3n) is 3.19. The van der Waals surface area contributed by atoms with Gasteiger partial charge in [-0.1, -0.05) is 12.1 Å². The summed E-state index contributed by atoms with van der Waals surface area (Å²) in [5.41, 5.74) is 0.159. The van der Waals surface area contributed by atoms with E-state index in [1.165, 1.54) is 6.07 Å². The molecule has 0 spiro atoms. The molecule has 0 bridgehead atoms. The van der Waals surface area contributed by atoms with Gasteiger partial charge in [-0.3, -0.25) is 15.1 Å². The predicted molar refractivity (Wildman–Crippen MR) is 72.3 cm³/mol. The third-order valence-corrected chi connectivity index (χ3v) is 3.19. The molecule has 1 aliphatic heterocycles. The molecule has 0 aliphatic carbocycles. The summed E-state index contributed by atoms with van der Waals surface area (Å²) in [7, 11) is 0. The van der Waals surface area contributed by atoms with Crippen LogP contribution in [0, 0.1) is 12.7 Å². The number of aliphatic imine (C=N–C) groups is 1. The molecule has 1 aromatic carbocycles. The molecule has 1 heterocycles. The number of amides is 1. The topological polar surface area (TPSA) is 53.5 Å². The summed E-state index contributed by atoms with van der Waals surface area (Å²) in [5, 5.41) is 5.72. The van der Waals surface area contributed by atoms with Gasteiger partial charge >= 0.3 is 0 Å². The summed E-state index contributed by atoms with van der Waals surface area (Å²) in [6.45, 7) is 7.24. The molecule has 1 fully saturated rings. The van der Waals surface area contributed by atoms with Crippen LogP contribution in [0.4, 0.5) is 4.39 Å². The summed E-state index contributed by atoms with van der Waals surface area (Å²) in [6, 6.07) is 4.88. The summed E-state index contributed by atoms with van der Waals surface area (Å²) in [6.07, 6.45) is 0. The smallest absolute Gasteiger partial charge is 0.256 e. The van der Waals surface area contributed by atoms with Crippen molar-refractivity contribution < 1.29 is 9.18 Å². The second-order valence-corrected chi connectivity index (χ2v) is 5.24. The molecule has 1 amide bonds. The fourth-order valence-corrected chi connectivity index (χ4v) is 1.99. The number of nitrogens with one attached hydrogen (secondary N) is 2. The van der Waals surface area contributed by atoms with Gasteiger partial charge in [0.15, 0.2) is 5.96 Å². The van der Waals surface area contributed by atoms with Crippen LogP contribution in [0.1, 0.15) is 31.9 Å². The van der Waals surface area contributed by atoms with Crippen LogP contribution < -0.4 is 10.6 Å². The van der Waals surface area contributed by atoms with E-state index in [0.717, 1.165) is 0 Å². The van der Waals surface area contributed by atoms with Crippen molar-refractivity contribution in [3.8, 4) is 0 Å². The van der Waals surface area contributed by atoms with E-state index >= 15 is 0 Å². The highest BCUT2D eigenvalue weighted by atomic mass is 19.1. The lowest BCUT2D eigenvalue weighted by atomic mass is 9.91. The van der Waals surface area contributed by atoms with Crippen LogP contribution >= 0.6 is 0 Å². The Labute approximate surface area is 112 Å². The van der Waals surface area contributed by atoms with Gasteiger partial charge < -0.3 is 5.32 Å². The SMILES string of the molecule is Cc1ccc(C2(C)NC(=NC(C)C)NC2=O)cc1F. The van der Waals surface area contributed by atoms with E-state index in [1.54, 1.807) is 26.0 Å². The monoisotopic (exact) mass is 263 g/mol.